The Kier molecular flexibility index (Phi) is 9.25. The van der Waals surface area contributed by atoms with Crippen LogP contribution in [0.5, 0.6) is 0 Å². The molecule has 7 nitrogen and oxygen atoms in total. The smallest absolute Gasteiger partial charge is 0.244 e. The summed E-state index contributed by atoms with van der Waals surface area (Å²) in [5.74, 6) is -1.34. The van der Waals surface area contributed by atoms with Gasteiger partial charge in [-0.05, 0) is 62.2 Å². The largest absolute Gasteiger partial charge is 0.352 e. The van der Waals surface area contributed by atoms with Gasteiger partial charge in [-0.1, -0.05) is 30.7 Å². The van der Waals surface area contributed by atoms with Gasteiger partial charge in [-0.2, -0.15) is 0 Å². The average molecular weight is 498 g/mol. The van der Waals surface area contributed by atoms with Crippen molar-refractivity contribution < 1.29 is 22.4 Å². The van der Waals surface area contributed by atoms with Crippen LogP contribution < -0.4 is 9.62 Å². The molecule has 0 aromatic heterocycles. The van der Waals surface area contributed by atoms with E-state index in [1.807, 2.05) is 13.8 Å². The van der Waals surface area contributed by atoms with E-state index in [-0.39, 0.29) is 24.2 Å². The first-order chi connectivity index (χ1) is 15.4. The Bertz CT molecular complexity index is 1060. The molecule has 1 unspecified atom stereocenters. The third-order valence-electron chi connectivity index (χ3n) is 4.88. The number of hydrogen-bond donors (Lipinski definition) is 1. The summed E-state index contributed by atoms with van der Waals surface area (Å²) in [7, 11) is -3.82. The average Bonchev–Trinajstić information content (AvgIpc) is 2.72. The third kappa shape index (κ3) is 7.71. The molecule has 0 bridgehead atoms. The highest BCUT2D eigenvalue weighted by atomic mass is 35.5. The van der Waals surface area contributed by atoms with Crippen molar-refractivity contribution in [3.05, 3.63) is 64.9 Å². The molecule has 2 amide bonds. The van der Waals surface area contributed by atoms with E-state index in [1.54, 1.807) is 6.92 Å². The van der Waals surface area contributed by atoms with Crippen LogP contribution >= 0.6 is 11.6 Å². The van der Waals surface area contributed by atoms with Crippen LogP contribution in [0.25, 0.3) is 0 Å². The zero-order chi connectivity index (χ0) is 24.8. The summed E-state index contributed by atoms with van der Waals surface area (Å²) in [4.78, 5) is 27.6. The van der Waals surface area contributed by atoms with Gasteiger partial charge in [0.25, 0.3) is 0 Å². The maximum absolute atomic E-state index is 13.4. The van der Waals surface area contributed by atoms with Crippen LogP contribution in [0.2, 0.25) is 5.02 Å². The molecular formula is C23H29ClFN3O4S. The SMILES string of the molecule is CCC(C(=O)NC(C)C)N(Cc1ccc(F)cc1)C(=O)CN(c1ccc(Cl)cc1)S(C)(=O)=O. The summed E-state index contributed by atoms with van der Waals surface area (Å²) in [6.45, 7) is 4.89. The first-order valence-corrected chi connectivity index (χ1v) is 12.7. The zero-order valence-corrected chi connectivity index (χ0v) is 20.7. The minimum atomic E-state index is -3.82. The normalized spacial score (nSPS) is 12.3. The Labute approximate surface area is 199 Å². The number of anilines is 1. The molecule has 0 heterocycles. The molecule has 0 aliphatic carbocycles. The number of hydrogen-bond acceptors (Lipinski definition) is 4. The van der Waals surface area contributed by atoms with Crippen LogP contribution in [0.3, 0.4) is 0 Å². The Morgan fingerprint density at radius 2 is 1.64 bits per heavy atom. The number of nitrogens with one attached hydrogen (secondary N) is 1. The molecule has 33 heavy (non-hydrogen) atoms. The van der Waals surface area contributed by atoms with Crippen molar-refractivity contribution in [2.75, 3.05) is 17.1 Å². The number of sulfonamides is 1. The minimum absolute atomic E-state index is 0.0152. The fraction of sp³-hybridized carbons (Fsp3) is 0.391. The Hall–Kier alpha value is -2.65. The first-order valence-electron chi connectivity index (χ1n) is 10.5. The van der Waals surface area contributed by atoms with Gasteiger partial charge in [-0.25, -0.2) is 12.8 Å². The molecule has 0 saturated carbocycles. The molecule has 1 N–H and O–H groups in total. The summed E-state index contributed by atoms with van der Waals surface area (Å²) >= 11 is 5.91. The number of carbonyl (C=O) groups excluding carboxylic acids is 2. The van der Waals surface area contributed by atoms with Crippen molar-refractivity contribution in [2.45, 2.75) is 45.8 Å². The molecule has 0 spiro atoms. The van der Waals surface area contributed by atoms with Crippen LogP contribution in [-0.2, 0) is 26.2 Å². The minimum Gasteiger partial charge on any atom is -0.352 e. The highest BCUT2D eigenvalue weighted by Gasteiger charge is 2.31. The van der Waals surface area contributed by atoms with E-state index in [4.69, 9.17) is 11.6 Å². The monoisotopic (exact) mass is 497 g/mol. The Morgan fingerprint density at radius 3 is 2.12 bits per heavy atom. The van der Waals surface area contributed by atoms with Crippen molar-refractivity contribution in [1.29, 1.82) is 0 Å². The third-order valence-corrected chi connectivity index (χ3v) is 6.27. The number of carbonyl (C=O) groups is 2. The second kappa shape index (κ2) is 11.5. The topological polar surface area (TPSA) is 86.8 Å². The molecule has 0 radical (unpaired) electrons. The molecule has 2 rings (SSSR count). The zero-order valence-electron chi connectivity index (χ0n) is 19.1. The fourth-order valence-corrected chi connectivity index (χ4v) is 4.28. The van der Waals surface area contributed by atoms with Crippen LogP contribution in [0.1, 0.15) is 32.8 Å². The molecule has 180 valence electrons. The van der Waals surface area contributed by atoms with Crippen molar-refractivity contribution in [1.82, 2.24) is 10.2 Å². The van der Waals surface area contributed by atoms with E-state index < -0.39 is 34.3 Å². The van der Waals surface area contributed by atoms with Gasteiger partial charge in [-0.3, -0.25) is 13.9 Å². The molecule has 10 heteroatoms. The van der Waals surface area contributed by atoms with E-state index >= 15 is 0 Å². The van der Waals surface area contributed by atoms with Crippen LogP contribution in [0.15, 0.2) is 48.5 Å². The van der Waals surface area contributed by atoms with Crippen molar-refractivity contribution in [3.63, 3.8) is 0 Å². The molecule has 0 aliphatic heterocycles. The summed E-state index contributed by atoms with van der Waals surface area (Å²) in [5, 5.41) is 3.23. The predicted octanol–water partition coefficient (Wildman–Crippen LogP) is 3.58. The number of nitrogens with zero attached hydrogens (tertiary/aromatic N) is 2. The molecule has 2 aromatic rings. The molecule has 1 atom stereocenters. The van der Waals surface area contributed by atoms with Gasteiger partial charge in [-0.15, -0.1) is 0 Å². The highest BCUT2D eigenvalue weighted by Crippen LogP contribution is 2.22. The second-order valence-electron chi connectivity index (χ2n) is 7.98. The number of benzene rings is 2. The van der Waals surface area contributed by atoms with Crippen molar-refractivity contribution in [3.8, 4) is 0 Å². The lowest BCUT2D eigenvalue weighted by molar-refractivity contribution is -0.140. The number of rotatable bonds is 10. The van der Waals surface area contributed by atoms with Gasteiger partial charge in [0.1, 0.15) is 18.4 Å². The van der Waals surface area contributed by atoms with Gasteiger partial charge in [0.2, 0.25) is 21.8 Å². The quantitative estimate of drug-likeness (QED) is 0.543. The predicted molar refractivity (Wildman–Crippen MR) is 128 cm³/mol. The lowest BCUT2D eigenvalue weighted by Gasteiger charge is -2.33. The number of amides is 2. The van der Waals surface area contributed by atoms with Crippen molar-refractivity contribution >= 4 is 39.1 Å². The van der Waals surface area contributed by atoms with E-state index in [1.165, 1.54) is 53.4 Å². The summed E-state index contributed by atoms with van der Waals surface area (Å²) in [5.41, 5.74) is 0.884. The Balaban J connectivity index is 2.42. The Morgan fingerprint density at radius 1 is 1.06 bits per heavy atom. The maximum Gasteiger partial charge on any atom is 0.244 e. The first kappa shape index (κ1) is 26.6. The van der Waals surface area contributed by atoms with Crippen LogP contribution in [0, 0.1) is 5.82 Å². The maximum atomic E-state index is 13.4. The lowest BCUT2D eigenvalue weighted by atomic mass is 10.1. The van der Waals surface area contributed by atoms with E-state index in [2.05, 4.69) is 5.32 Å². The number of halogens is 2. The van der Waals surface area contributed by atoms with Gasteiger partial charge < -0.3 is 10.2 Å². The van der Waals surface area contributed by atoms with Crippen LogP contribution in [0.4, 0.5) is 10.1 Å². The molecule has 2 aromatic carbocycles. The van der Waals surface area contributed by atoms with Gasteiger partial charge >= 0.3 is 0 Å². The van der Waals surface area contributed by atoms with E-state index in [0.29, 0.717) is 17.0 Å². The summed E-state index contributed by atoms with van der Waals surface area (Å²) in [6, 6.07) is 10.7. The summed E-state index contributed by atoms with van der Waals surface area (Å²) < 4.78 is 39.3. The summed E-state index contributed by atoms with van der Waals surface area (Å²) in [6.07, 6.45) is 1.31. The molecular weight excluding hydrogens is 469 g/mol. The van der Waals surface area contributed by atoms with Crippen molar-refractivity contribution in [2.24, 2.45) is 0 Å². The molecule has 0 fully saturated rings. The van der Waals surface area contributed by atoms with Gasteiger partial charge in [0, 0.05) is 17.6 Å². The van der Waals surface area contributed by atoms with Crippen LogP contribution in [-0.4, -0.2) is 50.0 Å². The fourth-order valence-electron chi connectivity index (χ4n) is 3.31. The molecule has 0 aliphatic rings. The van der Waals surface area contributed by atoms with E-state index in [9.17, 15) is 22.4 Å². The highest BCUT2D eigenvalue weighted by molar-refractivity contribution is 7.92. The second-order valence-corrected chi connectivity index (χ2v) is 10.3. The standard InChI is InChI=1S/C23H29ClFN3O4S/c1-5-21(23(30)26-16(2)3)27(14-17-6-10-19(25)11-7-17)22(29)15-28(33(4,31)32)20-12-8-18(24)9-13-20/h6-13,16,21H,5,14-15H2,1-4H3,(H,26,30). The van der Waals surface area contributed by atoms with Gasteiger partial charge in [0.15, 0.2) is 0 Å². The van der Waals surface area contributed by atoms with Gasteiger partial charge in [0.05, 0.1) is 11.9 Å². The lowest BCUT2D eigenvalue weighted by Crippen LogP contribution is -2.53. The van der Waals surface area contributed by atoms with E-state index in [0.717, 1.165) is 10.6 Å². The molecule has 0 saturated heterocycles.